The van der Waals surface area contributed by atoms with Crippen molar-refractivity contribution in [3.8, 4) is 83.8 Å². The van der Waals surface area contributed by atoms with Gasteiger partial charge in [-0.3, -0.25) is 0 Å². The third-order valence-corrected chi connectivity index (χ3v) is 15.8. The van der Waals surface area contributed by atoms with E-state index in [1.807, 2.05) is 27.0 Å². The molecule has 6 heteroatoms. The Kier molecular flexibility index (Phi) is 11.0. The van der Waals surface area contributed by atoms with Gasteiger partial charge in [0.1, 0.15) is 17.0 Å². The Hall–Kier alpha value is -9.65. The van der Waals surface area contributed by atoms with Crippen LogP contribution < -0.4 is 0 Å². The van der Waals surface area contributed by atoms with Crippen molar-refractivity contribution in [3.63, 3.8) is 0 Å². The second-order valence-electron chi connectivity index (χ2n) is 21.2. The fraction of sp³-hybridized carbons (Fsp3) is 0.0972. The number of furan rings is 1. The Balaban J connectivity index is 1.11. The van der Waals surface area contributed by atoms with Gasteiger partial charge in [-0.2, -0.15) is 0 Å². The summed E-state index contributed by atoms with van der Waals surface area (Å²) in [6.45, 7) is 12.9. The Bertz CT molecular complexity index is 4670. The first kappa shape index (κ1) is 46.8. The smallest absolute Gasteiger partial charge is 0.198 e. The average Bonchev–Trinajstić information content (AvgIpc) is 4.16. The lowest BCUT2D eigenvalue weighted by molar-refractivity contribution is 0.669. The molecule has 0 aliphatic rings. The van der Waals surface area contributed by atoms with Gasteiger partial charge in [0.25, 0.3) is 0 Å². The fourth-order valence-electron chi connectivity index (χ4n) is 12.4. The van der Waals surface area contributed by atoms with Crippen molar-refractivity contribution >= 4 is 55.0 Å². The van der Waals surface area contributed by atoms with E-state index in [9.17, 15) is 0 Å². The highest BCUT2D eigenvalue weighted by Gasteiger charge is 2.30. The lowest BCUT2D eigenvalue weighted by Crippen LogP contribution is -2.03. The summed E-state index contributed by atoms with van der Waals surface area (Å²) in [4.78, 5) is 14.8. The molecular formula is C72H55N5O. The molecule has 0 fully saturated rings. The second kappa shape index (κ2) is 18.3. The Morgan fingerprint density at radius 3 is 1.37 bits per heavy atom. The molecule has 0 amide bonds. The van der Waals surface area contributed by atoms with E-state index in [2.05, 4.69) is 237 Å². The lowest BCUT2D eigenvalue weighted by Gasteiger charge is -2.29. The molecule has 374 valence electrons. The summed E-state index contributed by atoms with van der Waals surface area (Å²) >= 11 is 0. The summed E-state index contributed by atoms with van der Waals surface area (Å²) in [5.41, 5.74) is 28.0. The van der Waals surface area contributed by atoms with Gasteiger partial charge in [-0.25, -0.2) is 15.0 Å². The number of benzene rings is 10. The Labute approximate surface area is 453 Å². The van der Waals surface area contributed by atoms with Gasteiger partial charge in [0.05, 0.1) is 22.4 Å². The van der Waals surface area contributed by atoms with Crippen LogP contribution in [0.1, 0.15) is 33.6 Å². The number of nitrogens with zero attached hydrogens (tertiary/aromatic N) is 5. The molecule has 14 rings (SSSR count). The molecule has 0 spiro atoms. The summed E-state index contributed by atoms with van der Waals surface area (Å²) in [7, 11) is 2.03. The predicted molar refractivity (Wildman–Crippen MR) is 324 cm³/mol. The van der Waals surface area contributed by atoms with E-state index in [1.54, 1.807) is 0 Å². The highest BCUT2D eigenvalue weighted by molar-refractivity contribution is 6.18. The van der Waals surface area contributed by atoms with Crippen molar-refractivity contribution < 1.29 is 4.42 Å². The zero-order valence-corrected chi connectivity index (χ0v) is 44.8. The van der Waals surface area contributed by atoms with Gasteiger partial charge in [-0.05, 0) is 145 Å². The van der Waals surface area contributed by atoms with Crippen LogP contribution in [0.4, 0.5) is 0 Å². The van der Waals surface area contributed by atoms with E-state index in [1.165, 1.54) is 49.9 Å². The van der Waals surface area contributed by atoms with Gasteiger partial charge in [0.2, 0.25) is 0 Å². The zero-order chi connectivity index (χ0) is 52.9. The third kappa shape index (κ3) is 7.66. The summed E-state index contributed by atoms with van der Waals surface area (Å²) in [5, 5.41) is 4.55. The minimum absolute atomic E-state index is 0.647. The molecule has 4 aromatic heterocycles. The maximum atomic E-state index is 6.47. The molecule has 4 heterocycles. The van der Waals surface area contributed by atoms with Crippen LogP contribution in [0.15, 0.2) is 211 Å². The van der Waals surface area contributed by atoms with E-state index in [-0.39, 0.29) is 0 Å². The highest BCUT2D eigenvalue weighted by atomic mass is 16.3. The summed E-state index contributed by atoms with van der Waals surface area (Å²) in [5.74, 6) is 0.818. The van der Waals surface area contributed by atoms with Crippen molar-refractivity contribution in [1.82, 2.24) is 24.1 Å². The average molecular weight is 1010 g/mol. The van der Waals surface area contributed by atoms with Crippen LogP contribution in [-0.2, 0) is 7.05 Å². The number of aryl methyl sites for hydroxylation is 7. The zero-order valence-electron chi connectivity index (χ0n) is 44.8. The van der Waals surface area contributed by atoms with Gasteiger partial charge in [-0.15, -0.1) is 0 Å². The van der Waals surface area contributed by atoms with Crippen molar-refractivity contribution in [2.24, 2.45) is 7.05 Å². The first-order valence-corrected chi connectivity index (χ1v) is 26.8. The molecule has 0 bridgehead atoms. The maximum Gasteiger partial charge on any atom is 0.198 e. The topological polar surface area (TPSA) is 61.7 Å². The third-order valence-electron chi connectivity index (χ3n) is 15.8. The number of hydrogen-bond acceptors (Lipinski definition) is 4. The molecular weight excluding hydrogens is 951 g/mol. The highest BCUT2D eigenvalue weighted by Crippen LogP contribution is 2.56. The van der Waals surface area contributed by atoms with Crippen molar-refractivity contribution in [3.05, 3.63) is 240 Å². The first-order chi connectivity index (χ1) is 38.0. The van der Waals surface area contributed by atoms with Gasteiger partial charge >= 0.3 is 0 Å². The van der Waals surface area contributed by atoms with Crippen LogP contribution in [0.3, 0.4) is 0 Å². The van der Waals surface area contributed by atoms with Crippen LogP contribution in [0, 0.1) is 41.5 Å². The van der Waals surface area contributed by atoms with Gasteiger partial charge in [0, 0.05) is 39.8 Å². The van der Waals surface area contributed by atoms with E-state index in [0.717, 1.165) is 117 Å². The van der Waals surface area contributed by atoms with Crippen LogP contribution in [0.2, 0.25) is 0 Å². The van der Waals surface area contributed by atoms with Gasteiger partial charge < -0.3 is 13.6 Å². The van der Waals surface area contributed by atoms with Crippen molar-refractivity contribution in [2.75, 3.05) is 0 Å². The van der Waals surface area contributed by atoms with Crippen molar-refractivity contribution in [2.45, 2.75) is 41.5 Å². The molecule has 0 radical (unpaired) electrons. The molecule has 14 aromatic rings. The normalized spacial score (nSPS) is 11.8. The number of rotatable bonds is 8. The molecule has 10 aromatic carbocycles. The number of hydrogen-bond donors (Lipinski definition) is 0. The van der Waals surface area contributed by atoms with Crippen molar-refractivity contribution in [1.29, 1.82) is 0 Å². The number of aromatic nitrogens is 5. The number of para-hydroxylation sites is 2. The molecule has 0 aliphatic carbocycles. The van der Waals surface area contributed by atoms with Crippen LogP contribution in [0.5, 0.6) is 0 Å². The van der Waals surface area contributed by atoms with Gasteiger partial charge in [0.15, 0.2) is 11.3 Å². The maximum absolute atomic E-state index is 6.47. The summed E-state index contributed by atoms with van der Waals surface area (Å²) < 4.78 is 11.0. The second-order valence-corrected chi connectivity index (χ2v) is 21.2. The van der Waals surface area contributed by atoms with E-state index < -0.39 is 0 Å². The Morgan fingerprint density at radius 1 is 0.333 bits per heavy atom. The van der Waals surface area contributed by atoms with Crippen LogP contribution >= 0.6 is 0 Å². The predicted octanol–water partition coefficient (Wildman–Crippen LogP) is 18.9. The molecule has 78 heavy (non-hydrogen) atoms. The minimum atomic E-state index is 0.647. The quantitative estimate of drug-likeness (QED) is 0.152. The first-order valence-electron chi connectivity index (χ1n) is 26.8. The number of imidazole rings is 1. The summed E-state index contributed by atoms with van der Waals surface area (Å²) in [6.07, 6.45) is 0. The van der Waals surface area contributed by atoms with E-state index in [4.69, 9.17) is 19.4 Å². The standard InChI is InChI=1S/C72H55N5O/c1-42-34-43(2)37-53(36-42)68-64(48-18-10-8-11-19-48)65(49-20-12-9-13-21-49)69(54-38-44(3)35-45(4)39-54)67(66(68)50-26-28-52(29-27-50)71-75-70-72(76(71)7)74-47(6)46(5)73-70)51-30-32-55(33-31-51)77-60-24-16-14-22-56(60)58-41-63-59(40-61(58)77)57-23-15-17-25-62(57)78-63/h8-41H,1-7H3. The molecule has 0 N–H and O–H groups in total. The summed E-state index contributed by atoms with van der Waals surface area (Å²) in [6, 6.07) is 76.1. The molecule has 0 aliphatic heterocycles. The molecule has 0 saturated heterocycles. The molecule has 6 nitrogen and oxygen atoms in total. The number of fused-ring (bicyclic) bond motifs is 7. The fourth-order valence-corrected chi connectivity index (χ4v) is 12.4. The minimum Gasteiger partial charge on any atom is -0.456 e. The SMILES string of the molecule is Cc1cc(C)cc(-c2c(-c3ccccc3)c(-c3ccccc3)c(-c3cc(C)cc(C)c3)c(-c3ccc(-n4c5ccccc5c5cc6oc7ccccc7c6cc54)cc3)c2-c2ccc(-c3nc4nc(C)c(C)nc4n3C)cc2)c1. The largest absolute Gasteiger partial charge is 0.456 e. The van der Waals surface area contributed by atoms with E-state index in [0.29, 0.717) is 5.65 Å². The monoisotopic (exact) mass is 1010 g/mol. The van der Waals surface area contributed by atoms with E-state index >= 15 is 0 Å². The molecule has 0 atom stereocenters. The molecule has 0 saturated carbocycles. The van der Waals surface area contributed by atoms with Gasteiger partial charge in [-0.1, -0.05) is 192 Å². The van der Waals surface area contributed by atoms with Crippen LogP contribution in [-0.4, -0.2) is 24.1 Å². The lowest BCUT2D eigenvalue weighted by atomic mass is 9.73. The van der Waals surface area contributed by atoms with Crippen LogP contribution in [0.25, 0.3) is 139 Å². The Morgan fingerprint density at radius 2 is 0.795 bits per heavy atom. The molecule has 0 unspecified atom stereocenters.